The van der Waals surface area contributed by atoms with Crippen molar-refractivity contribution in [2.45, 2.75) is 38.7 Å². The van der Waals surface area contributed by atoms with Crippen LogP contribution in [0.1, 0.15) is 38.2 Å². The molecule has 96 valence electrons. The Hall–Kier alpha value is -0.570. The minimum atomic E-state index is -0.395. The first-order chi connectivity index (χ1) is 8.08. The summed E-state index contributed by atoms with van der Waals surface area (Å²) in [5.41, 5.74) is 6.79. The highest BCUT2D eigenvalue weighted by molar-refractivity contribution is 6.30. The van der Waals surface area contributed by atoms with Crippen LogP contribution in [0.2, 0.25) is 5.02 Å². The molecule has 1 aromatic carbocycles. The van der Waals surface area contributed by atoms with Gasteiger partial charge in [0.1, 0.15) is 0 Å². The van der Waals surface area contributed by atoms with E-state index in [-0.39, 0.29) is 5.92 Å². The minimum Gasteiger partial charge on any atom is -0.392 e. The summed E-state index contributed by atoms with van der Waals surface area (Å²) in [6.07, 6.45) is 1.46. The maximum absolute atomic E-state index is 10.2. The summed E-state index contributed by atoms with van der Waals surface area (Å²) in [7, 11) is 0. The third-order valence-electron chi connectivity index (χ3n) is 3.34. The molecule has 0 fully saturated rings. The average Bonchev–Trinajstić information content (AvgIpc) is 2.30. The molecule has 17 heavy (non-hydrogen) atoms. The van der Waals surface area contributed by atoms with Crippen molar-refractivity contribution in [1.82, 2.24) is 0 Å². The molecule has 3 N–H and O–H groups in total. The highest BCUT2D eigenvalue weighted by Crippen LogP contribution is 2.26. The molecule has 1 aromatic rings. The molecule has 0 amide bonds. The lowest BCUT2D eigenvalue weighted by atomic mass is 9.87. The molecule has 0 radical (unpaired) electrons. The number of halogens is 1. The molecule has 0 aromatic heterocycles. The molecule has 1 rings (SSSR count). The monoisotopic (exact) mass is 255 g/mol. The Labute approximate surface area is 109 Å². The first-order valence-electron chi connectivity index (χ1n) is 6.22. The number of hydrogen-bond acceptors (Lipinski definition) is 2. The lowest BCUT2D eigenvalue weighted by Gasteiger charge is -2.24. The van der Waals surface area contributed by atoms with Crippen molar-refractivity contribution < 1.29 is 5.11 Å². The molecule has 3 unspecified atom stereocenters. The van der Waals surface area contributed by atoms with E-state index in [1.165, 1.54) is 0 Å². The van der Waals surface area contributed by atoms with Gasteiger partial charge in [0.05, 0.1) is 6.10 Å². The number of aliphatic hydroxyl groups excluding tert-OH is 1. The highest BCUT2D eigenvalue weighted by atomic mass is 35.5. The first-order valence-corrected chi connectivity index (χ1v) is 6.59. The van der Waals surface area contributed by atoms with Gasteiger partial charge in [-0.1, -0.05) is 44.0 Å². The number of aliphatic hydroxyl groups is 1. The van der Waals surface area contributed by atoms with Crippen LogP contribution in [-0.4, -0.2) is 17.8 Å². The highest BCUT2D eigenvalue weighted by Gasteiger charge is 2.21. The normalized spacial score (nSPS) is 16.5. The fraction of sp³-hybridized carbons (Fsp3) is 0.571. The largest absolute Gasteiger partial charge is 0.392 e. The minimum absolute atomic E-state index is 0.0253. The Bertz CT molecular complexity index is 343. The van der Waals surface area contributed by atoms with E-state index in [9.17, 15) is 5.11 Å². The zero-order chi connectivity index (χ0) is 12.8. The second-order valence-corrected chi connectivity index (χ2v) is 5.15. The Morgan fingerprint density at radius 1 is 1.41 bits per heavy atom. The summed E-state index contributed by atoms with van der Waals surface area (Å²) < 4.78 is 0. The Balaban J connectivity index is 2.77. The molecule has 2 nitrogen and oxygen atoms in total. The molecule has 0 spiro atoms. The van der Waals surface area contributed by atoms with Gasteiger partial charge in [-0.25, -0.2) is 0 Å². The second-order valence-electron chi connectivity index (χ2n) is 4.71. The van der Waals surface area contributed by atoms with Crippen LogP contribution in [0.5, 0.6) is 0 Å². The predicted octanol–water partition coefficient (Wildman–Crippen LogP) is 3.18. The molecular formula is C14H22ClNO. The van der Waals surface area contributed by atoms with Crippen LogP contribution in [0, 0.1) is 5.92 Å². The van der Waals surface area contributed by atoms with E-state index in [4.69, 9.17) is 17.3 Å². The van der Waals surface area contributed by atoms with Crippen molar-refractivity contribution in [3.05, 3.63) is 34.9 Å². The van der Waals surface area contributed by atoms with Gasteiger partial charge in [0.15, 0.2) is 0 Å². The van der Waals surface area contributed by atoms with Crippen LogP contribution in [-0.2, 0) is 0 Å². The van der Waals surface area contributed by atoms with E-state index >= 15 is 0 Å². The molecule has 3 atom stereocenters. The standard InChI is InChI=1S/C14H22ClNO/c1-3-10(2)7-14(17)13(9-16)11-5-4-6-12(15)8-11/h4-6,8,10,13-14,17H,3,7,9,16H2,1-2H3. The van der Waals surface area contributed by atoms with E-state index in [2.05, 4.69) is 13.8 Å². The van der Waals surface area contributed by atoms with Gasteiger partial charge in [0.25, 0.3) is 0 Å². The maximum Gasteiger partial charge on any atom is 0.0623 e. The number of benzene rings is 1. The summed E-state index contributed by atoms with van der Waals surface area (Å²) in [5.74, 6) is 0.487. The molecule has 3 heteroatoms. The third-order valence-corrected chi connectivity index (χ3v) is 3.57. The van der Waals surface area contributed by atoms with Gasteiger partial charge in [-0.2, -0.15) is 0 Å². The van der Waals surface area contributed by atoms with Crippen molar-refractivity contribution in [3.8, 4) is 0 Å². The summed E-state index contributed by atoms with van der Waals surface area (Å²) in [6, 6.07) is 7.60. The molecule has 0 bridgehead atoms. The summed E-state index contributed by atoms with van der Waals surface area (Å²) >= 11 is 5.96. The van der Waals surface area contributed by atoms with Crippen LogP contribution in [0.3, 0.4) is 0 Å². The van der Waals surface area contributed by atoms with Crippen molar-refractivity contribution in [1.29, 1.82) is 0 Å². The lowest BCUT2D eigenvalue weighted by Crippen LogP contribution is -2.27. The van der Waals surface area contributed by atoms with Crippen molar-refractivity contribution >= 4 is 11.6 Å². The molecule has 0 heterocycles. The summed E-state index contributed by atoms with van der Waals surface area (Å²) in [4.78, 5) is 0. The topological polar surface area (TPSA) is 46.2 Å². The average molecular weight is 256 g/mol. The van der Waals surface area contributed by atoms with Crippen molar-refractivity contribution in [2.24, 2.45) is 11.7 Å². The number of hydrogen-bond donors (Lipinski definition) is 2. The Morgan fingerprint density at radius 2 is 2.12 bits per heavy atom. The number of rotatable bonds is 6. The summed E-state index contributed by atoms with van der Waals surface area (Å²) in [6.45, 7) is 4.72. The van der Waals surface area contributed by atoms with Gasteiger partial charge in [-0.3, -0.25) is 0 Å². The second kappa shape index (κ2) is 7.00. The SMILES string of the molecule is CCC(C)CC(O)C(CN)c1cccc(Cl)c1. The third kappa shape index (κ3) is 4.30. The van der Waals surface area contributed by atoms with Gasteiger partial charge in [0.2, 0.25) is 0 Å². The smallest absolute Gasteiger partial charge is 0.0623 e. The van der Waals surface area contributed by atoms with Crippen LogP contribution in [0.4, 0.5) is 0 Å². The van der Waals surface area contributed by atoms with Crippen LogP contribution in [0.25, 0.3) is 0 Å². The fourth-order valence-corrected chi connectivity index (χ4v) is 2.19. The predicted molar refractivity (Wildman–Crippen MR) is 73.3 cm³/mol. The van der Waals surface area contributed by atoms with Crippen LogP contribution < -0.4 is 5.73 Å². The molecule has 0 saturated heterocycles. The number of nitrogens with two attached hydrogens (primary N) is 1. The maximum atomic E-state index is 10.2. The van der Waals surface area contributed by atoms with E-state index in [0.29, 0.717) is 17.5 Å². The molecule has 0 aliphatic rings. The van der Waals surface area contributed by atoms with Gasteiger partial charge in [-0.15, -0.1) is 0 Å². The first kappa shape index (κ1) is 14.5. The van der Waals surface area contributed by atoms with Crippen LogP contribution >= 0.6 is 11.6 Å². The molecule has 0 saturated carbocycles. The quantitative estimate of drug-likeness (QED) is 0.820. The fourth-order valence-electron chi connectivity index (χ4n) is 2.00. The van der Waals surface area contributed by atoms with E-state index < -0.39 is 6.10 Å². The molecule has 0 aliphatic heterocycles. The van der Waals surface area contributed by atoms with E-state index in [1.807, 2.05) is 24.3 Å². The lowest BCUT2D eigenvalue weighted by molar-refractivity contribution is 0.118. The van der Waals surface area contributed by atoms with Gasteiger partial charge >= 0.3 is 0 Å². The van der Waals surface area contributed by atoms with Gasteiger partial charge in [0, 0.05) is 17.5 Å². The van der Waals surface area contributed by atoms with E-state index in [0.717, 1.165) is 18.4 Å². The summed E-state index contributed by atoms with van der Waals surface area (Å²) in [5, 5.41) is 10.9. The van der Waals surface area contributed by atoms with Crippen molar-refractivity contribution in [3.63, 3.8) is 0 Å². The van der Waals surface area contributed by atoms with Gasteiger partial charge < -0.3 is 10.8 Å². The zero-order valence-corrected chi connectivity index (χ0v) is 11.3. The van der Waals surface area contributed by atoms with Crippen LogP contribution in [0.15, 0.2) is 24.3 Å². The Morgan fingerprint density at radius 3 is 2.65 bits per heavy atom. The molecule has 0 aliphatic carbocycles. The van der Waals surface area contributed by atoms with E-state index in [1.54, 1.807) is 0 Å². The van der Waals surface area contributed by atoms with Gasteiger partial charge in [-0.05, 0) is 30.0 Å². The zero-order valence-electron chi connectivity index (χ0n) is 10.6. The Kier molecular flexibility index (Phi) is 5.96. The molecular weight excluding hydrogens is 234 g/mol. The van der Waals surface area contributed by atoms with Crippen molar-refractivity contribution in [2.75, 3.05) is 6.54 Å².